The van der Waals surface area contributed by atoms with Crippen molar-refractivity contribution in [3.8, 4) is 0 Å². The number of hydrogen-bond donors (Lipinski definition) is 1. The molecule has 0 radical (unpaired) electrons. The molecule has 26 heavy (non-hydrogen) atoms. The Labute approximate surface area is 162 Å². The zero-order chi connectivity index (χ0) is 17.9. The molecule has 1 aliphatic rings. The minimum absolute atomic E-state index is 0.787. The molecule has 0 saturated carbocycles. The van der Waals surface area contributed by atoms with Crippen molar-refractivity contribution in [1.29, 1.82) is 0 Å². The number of nitrogens with zero attached hydrogens (tertiary/aromatic N) is 3. The fraction of sp³-hybridized carbons (Fsp3) is 0.474. The summed E-state index contributed by atoms with van der Waals surface area (Å²) in [4.78, 5) is 15.9. The first-order valence-corrected chi connectivity index (χ1v) is 10.7. The Morgan fingerprint density at radius 1 is 1.23 bits per heavy atom. The molecular weight excluding hydrogens is 364 g/mol. The van der Waals surface area contributed by atoms with Gasteiger partial charge in [0.15, 0.2) is 0 Å². The van der Waals surface area contributed by atoms with Gasteiger partial charge in [-0.15, -0.1) is 22.7 Å². The number of morpholine rings is 1. The minimum Gasteiger partial charge on any atom is -0.379 e. The molecule has 138 valence electrons. The SMILES string of the molecule is Cc1sc2nc(CN3CCOCC3)nc(NCCc3cccs3)c2c1C. The van der Waals surface area contributed by atoms with E-state index in [1.807, 2.05) is 0 Å². The van der Waals surface area contributed by atoms with Gasteiger partial charge in [0, 0.05) is 29.4 Å². The van der Waals surface area contributed by atoms with Gasteiger partial charge in [-0.3, -0.25) is 4.90 Å². The van der Waals surface area contributed by atoms with Crippen molar-refractivity contribution in [1.82, 2.24) is 14.9 Å². The van der Waals surface area contributed by atoms with Crippen LogP contribution >= 0.6 is 22.7 Å². The molecule has 0 spiro atoms. The summed E-state index contributed by atoms with van der Waals surface area (Å²) in [6, 6.07) is 4.29. The Hall–Kier alpha value is -1.54. The highest BCUT2D eigenvalue weighted by Crippen LogP contribution is 2.33. The lowest BCUT2D eigenvalue weighted by atomic mass is 10.2. The normalized spacial score (nSPS) is 15.6. The molecule has 5 nitrogen and oxygen atoms in total. The van der Waals surface area contributed by atoms with Crippen molar-refractivity contribution in [2.24, 2.45) is 0 Å². The first kappa shape index (κ1) is 17.9. The Balaban J connectivity index is 1.57. The molecular formula is C19H24N4OS2. The van der Waals surface area contributed by atoms with Gasteiger partial charge in [-0.1, -0.05) is 6.07 Å². The number of hydrogen-bond acceptors (Lipinski definition) is 7. The van der Waals surface area contributed by atoms with Crippen LogP contribution in [0.5, 0.6) is 0 Å². The van der Waals surface area contributed by atoms with Crippen molar-refractivity contribution < 1.29 is 4.74 Å². The molecule has 3 aromatic rings. The van der Waals surface area contributed by atoms with E-state index in [1.54, 1.807) is 22.7 Å². The van der Waals surface area contributed by atoms with Gasteiger partial charge < -0.3 is 10.1 Å². The Morgan fingerprint density at radius 2 is 2.08 bits per heavy atom. The highest BCUT2D eigenvalue weighted by molar-refractivity contribution is 7.18. The minimum atomic E-state index is 0.787. The maximum absolute atomic E-state index is 5.45. The van der Waals surface area contributed by atoms with Gasteiger partial charge in [-0.2, -0.15) is 0 Å². The number of anilines is 1. The summed E-state index contributed by atoms with van der Waals surface area (Å²) in [6.45, 7) is 9.50. The van der Waals surface area contributed by atoms with Crippen molar-refractivity contribution in [2.45, 2.75) is 26.8 Å². The summed E-state index contributed by atoms with van der Waals surface area (Å²) in [5, 5.41) is 6.89. The Bertz CT molecular complexity index is 869. The monoisotopic (exact) mass is 388 g/mol. The molecule has 3 aromatic heterocycles. The molecule has 1 aliphatic heterocycles. The first-order chi connectivity index (χ1) is 12.7. The Morgan fingerprint density at radius 3 is 2.85 bits per heavy atom. The lowest BCUT2D eigenvalue weighted by Crippen LogP contribution is -2.36. The van der Waals surface area contributed by atoms with Gasteiger partial charge in [-0.25, -0.2) is 9.97 Å². The van der Waals surface area contributed by atoms with Gasteiger partial charge in [0.1, 0.15) is 16.5 Å². The van der Waals surface area contributed by atoms with Gasteiger partial charge in [0.2, 0.25) is 0 Å². The third kappa shape index (κ3) is 3.91. The van der Waals surface area contributed by atoms with Crippen LogP contribution in [0, 0.1) is 13.8 Å². The lowest BCUT2D eigenvalue weighted by Gasteiger charge is -2.25. The fourth-order valence-electron chi connectivity index (χ4n) is 3.21. The smallest absolute Gasteiger partial charge is 0.146 e. The summed E-state index contributed by atoms with van der Waals surface area (Å²) < 4.78 is 5.45. The number of thiophene rings is 2. The van der Waals surface area contributed by atoms with E-state index in [0.29, 0.717) is 0 Å². The molecule has 1 saturated heterocycles. The highest BCUT2D eigenvalue weighted by atomic mass is 32.1. The maximum atomic E-state index is 5.45. The van der Waals surface area contributed by atoms with Crippen LogP contribution in [-0.2, 0) is 17.7 Å². The molecule has 1 N–H and O–H groups in total. The van der Waals surface area contributed by atoms with E-state index in [0.717, 1.165) is 62.3 Å². The molecule has 0 amide bonds. The van der Waals surface area contributed by atoms with E-state index in [1.165, 1.54) is 20.7 Å². The average molecular weight is 389 g/mol. The number of aromatic nitrogens is 2. The van der Waals surface area contributed by atoms with Crippen LogP contribution in [0.15, 0.2) is 17.5 Å². The summed E-state index contributed by atoms with van der Waals surface area (Å²) in [7, 11) is 0. The summed E-state index contributed by atoms with van der Waals surface area (Å²) in [5.74, 6) is 1.89. The topological polar surface area (TPSA) is 50.3 Å². The van der Waals surface area contributed by atoms with E-state index in [2.05, 4.69) is 41.6 Å². The van der Waals surface area contributed by atoms with E-state index >= 15 is 0 Å². The largest absolute Gasteiger partial charge is 0.379 e. The van der Waals surface area contributed by atoms with Gasteiger partial charge in [0.25, 0.3) is 0 Å². The van der Waals surface area contributed by atoms with Crippen LogP contribution < -0.4 is 5.32 Å². The second-order valence-corrected chi connectivity index (χ2v) is 8.83. The second-order valence-electron chi connectivity index (χ2n) is 6.60. The molecule has 0 bridgehead atoms. The van der Waals surface area contributed by atoms with Gasteiger partial charge in [-0.05, 0) is 37.3 Å². The van der Waals surface area contributed by atoms with Crippen LogP contribution in [0.3, 0.4) is 0 Å². The van der Waals surface area contributed by atoms with Crippen molar-refractivity contribution >= 4 is 38.7 Å². The van der Waals surface area contributed by atoms with Gasteiger partial charge >= 0.3 is 0 Å². The molecule has 1 fully saturated rings. The predicted molar refractivity (Wildman–Crippen MR) is 109 cm³/mol. The van der Waals surface area contributed by atoms with E-state index in [-0.39, 0.29) is 0 Å². The van der Waals surface area contributed by atoms with E-state index < -0.39 is 0 Å². The molecule has 0 unspecified atom stereocenters. The zero-order valence-electron chi connectivity index (χ0n) is 15.2. The number of nitrogens with one attached hydrogen (secondary N) is 1. The third-order valence-electron chi connectivity index (χ3n) is 4.79. The summed E-state index contributed by atoms with van der Waals surface area (Å²) >= 11 is 3.57. The van der Waals surface area contributed by atoms with Crippen LogP contribution in [-0.4, -0.2) is 47.7 Å². The van der Waals surface area contributed by atoms with Crippen molar-refractivity contribution in [3.63, 3.8) is 0 Å². The highest BCUT2D eigenvalue weighted by Gasteiger charge is 2.17. The third-order valence-corrected chi connectivity index (χ3v) is 6.82. The first-order valence-electron chi connectivity index (χ1n) is 9.03. The maximum Gasteiger partial charge on any atom is 0.146 e. The van der Waals surface area contributed by atoms with Crippen LogP contribution in [0.4, 0.5) is 5.82 Å². The quantitative estimate of drug-likeness (QED) is 0.695. The molecule has 0 aliphatic carbocycles. The molecule has 0 atom stereocenters. The van der Waals surface area contributed by atoms with Crippen molar-refractivity contribution in [2.75, 3.05) is 38.2 Å². The molecule has 0 aromatic carbocycles. The number of rotatable bonds is 6. The van der Waals surface area contributed by atoms with Gasteiger partial charge in [0.05, 0.1) is 25.1 Å². The lowest BCUT2D eigenvalue weighted by molar-refractivity contribution is 0.0331. The average Bonchev–Trinajstić information content (AvgIpc) is 3.24. The number of ether oxygens (including phenoxy) is 1. The number of fused-ring (bicyclic) bond motifs is 1. The summed E-state index contributed by atoms with van der Waals surface area (Å²) in [6.07, 6.45) is 1.02. The Kier molecular flexibility index (Phi) is 5.49. The molecule has 4 heterocycles. The number of aryl methyl sites for hydroxylation is 2. The standard InChI is InChI=1S/C19H24N4OS2/c1-13-14(2)26-19-17(13)18(20-6-5-15-4-3-11-25-15)21-16(22-19)12-23-7-9-24-10-8-23/h3-4,11H,5-10,12H2,1-2H3,(H,20,21,22). The van der Waals surface area contributed by atoms with Crippen LogP contribution in [0.25, 0.3) is 10.2 Å². The predicted octanol–water partition coefficient (Wildman–Crippen LogP) is 3.86. The van der Waals surface area contributed by atoms with Crippen molar-refractivity contribution in [3.05, 3.63) is 38.7 Å². The fourth-order valence-corrected chi connectivity index (χ4v) is 4.97. The molecule has 7 heteroatoms. The van der Waals surface area contributed by atoms with E-state index in [9.17, 15) is 0 Å². The summed E-state index contributed by atoms with van der Waals surface area (Å²) in [5.41, 5.74) is 1.29. The van der Waals surface area contributed by atoms with Crippen LogP contribution in [0.2, 0.25) is 0 Å². The van der Waals surface area contributed by atoms with Crippen LogP contribution in [0.1, 0.15) is 21.1 Å². The second kappa shape index (κ2) is 8.00. The van der Waals surface area contributed by atoms with E-state index in [4.69, 9.17) is 14.7 Å². The molecule has 4 rings (SSSR count). The zero-order valence-corrected chi connectivity index (χ0v) is 16.9.